The molecule has 2 aliphatic rings. The van der Waals surface area contributed by atoms with Gasteiger partial charge in [-0.05, 0) is 37.8 Å². The van der Waals surface area contributed by atoms with Crippen molar-refractivity contribution in [2.24, 2.45) is 0 Å². The van der Waals surface area contributed by atoms with E-state index in [1.807, 2.05) is 6.92 Å². The number of carbonyl (C=O) groups excluding carboxylic acids is 2. The standard InChI is InChI=1S/C16H16N4O2/c1-2-13-17-14-8-7-10(9-19(14)18-13)20-15(21)11-5-3-4-6-12(11)16(20)22/h7-9H,2-6H2,1H3. The second-order valence-electron chi connectivity index (χ2n) is 5.68. The van der Waals surface area contributed by atoms with Crippen LogP contribution in [0.1, 0.15) is 38.4 Å². The predicted molar refractivity (Wildman–Crippen MR) is 80.4 cm³/mol. The van der Waals surface area contributed by atoms with Gasteiger partial charge in [-0.2, -0.15) is 5.10 Å². The van der Waals surface area contributed by atoms with E-state index >= 15 is 0 Å². The average Bonchev–Trinajstić information content (AvgIpc) is 3.07. The summed E-state index contributed by atoms with van der Waals surface area (Å²) >= 11 is 0. The minimum atomic E-state index is -0.171. The van der Waals surface area contributed by atoms with Crippen molar-refractivity contribution in [3.8, 4) is 0 Å². The summed E-state index contributed by atoms with van der Waals surface area (Å²) in [7, 11) is 0. The number of aromatic nitrogens is 3. The molecule has 0 unspecified atom stereocenters. The van der Waals surface area contributed by atoms with Gasteiger partial charge in [-0.15, -0.1) is 0 Å². The number of hydrogen-bond donors (Lipinski definition) is 0. The van der Waals surface area contributed by atoms with Crippen molar-refractivity contribution in [2.45, 2.75) is 39.0 Å². The zero-order valence-corrected chi connectivity index (χ0v) is 12.4. The molecule has 2 amide bonds. The molecule has 0 atom stereocenters. The van der Waals surface area contributed by atoms with Crippen molar-refractivity contribution in [3.05, 3.63) is 35.3 Å². The third-order valence-corrected chi connectivity index (χ3v) is 4.32. The van der Waals surface area contributed by atoms with Crippen LogP contribution >= 0.6 is 0 Å². The van der Waals surface area contributed by atoms with Crippen molar-refractivity contribution in [2.75, 3.05) is 4.90 Å². The van der Waals surface area contributed by atoms with Gasteiger partial charge in [0.05, 0.1) is 11.9 Å². The van der Waals surface area contributed by atoms with Gasteiger partial charge in [-0.25, -0.2) is 14.4 Å². The third-order valence-electron chi connectivity index (χ3n) is 4.32. The van der Waals surface area contributed by atoms with E-state index in [4.69, 9.17) is 0 Å². The minimum absolute atomic E-state index is 0.171. The smallest absolute Gasteiger partial charge is 0.261 e. The molecular formula is C16H16N4O2. The normalized spacial score (nSPS) is 18.5. The van der Waals surface area contributed by atoms with Crippen LogP contribution in [0.15, 0.2) is 29.5 Å². The highest BCUT2D eigenvalue weighted by molar-refractivity contribution is 6.33. The molecule has 0 N–H and O–H groups in total. The van der Waals surface area contributed by atoms with Crippen molar-refractivity contribution < 1.29 is 9.59 Å². The summed E-state index contributed by atoms with van der Waals surface area (Å²) in [5.74, 6) is 0.401. The fraction of sp³-hybridized carbons (Fsp3) is 0.375. The Balaban J connectivity index is 1.76. The van der Waals surface area contributed by atoms with Gasteiger partial charge in [0.25, 0.3) is 11.8 Å². The lowest BCUT2D eigenvalue weighted by atomic mass is 9.93. The average molecular weight is 296 g/mol. The van der Waals surface area contributed by atoms with Crippen LogP contribution in [-0.2, 0) is 16.0 Å². The van der Waals surface area contributed by atoms with E-state index in [2.05, 4.69) is 10.1 Å². The zero-order chi connectivity index (χ0) is 15.3. The van der Waals surface area contributed by atoms with Crippen LogP contribution < -0.4 is 4.90 Å². The summed E-state index contributed by atoms with van der Waals surface area (Å²) in [6.45, 7) is 1.99. The summed E-state index contributed by atoms with van der Waals surface area (Å²) in [6, 6.07) is 3.55. The molecule has 2 aromatic rings. The summed E-state index contributed by atoms with van der Waals surface area (Å²) in [4.78, 5) is 30.7. The molecule has 0 fully saturated rings. The number of anilines is 1. The van der Waals surface area contributed by atoms with E-state index in [1.165, 1.54) is 4.90 Å². The molecule has 0 radical (unpaired) electrons. The second kappa shape index (κ2) is 4.76. The Morgan fingerprint density at radius 1 is 1.09 bits per heavy atom. The molecule has 6 nitrogen and oxygen atoms in total. The first kappa shape index (κ1) is 13.2. The van der Waals surface area contributed by atoms with Crippen molar-refractivity contribution >= 4 is 23.1 Å². The van der Waals surface area contributed by atoms with Gasteiger partial charge >= 0.3 is 0 Å². The molecule has 3 heterocycles. The van der Waals surface area contributed by atoms with Gasteiger partial charge < -0.3 is 0 Å². The number of nitrogens with zero attached hydrogens (tertiary/aromatic N) is 4. The molecule has 6 heteroatoms. The first-order valence-corrected chi connectivity index (χ1v) is 7.65. The first-order valence-electron chi connectivity index (χ1n) is 7.65. The number of pyridine rings is 1. The fourth-order valence-corrected chi connectivity index (χ4v) is 3.17. The van der Waals surface area contributed by atoms with Crippen molar-refractivity contribution in [1.29, 1.82) is 0 Å². The van der Waals surface area contributed by atoms with E-state index in [-0.39, 0.29) is 11.8 Å². The molecule has 0 aromatic carbocycles. The Morgan fingerprint density at radius 2 is 1.77 bits per heavy atom. The maximum absolute atomic E-state index is 12.5. The third kappa shape index (κ3) is 1.80. The van der Waals surface area contributed by atoms with Gasteiger partial charge in [-0.3, -0.25) is 9.59 Å². The molecule has 1 aliphatic carbocycles. The largest absolute Gasteiger partial charge is 0.269 e. The van der Waals surface area contributed by atoms with Gasteiger partial charge in [0, 0.05) is 17.6 Å². The highest BCUT2D eigenvalue weighted by Gasteiger charge is 2.39. The Hall–Kier alpha value is -2.50. The maximum atomic E-state index is 12.5. The number of rotatable bonds is 2. The van der Waals surface area contributed by atoms with Crippen LogP contribution in [0.5, 0.6) is 0 Å². The lowest BCUT2D eigenvalue weighted by Gasteiger charge is -2.14. The van der Waals surface area contributed by atoms with Gasteiger partial charge in [0.1, 0.15) is 0 Å². The van der Waals surface area contributed by atoms with Crippen LogP contribution in [0.3, 0.4) is 0 Å². The number of carbonyl (C=O) groups is 2. The maximum Gasteiger partial charge on any atom is 0.261 e. The van der Waals surface area contributed by atoms with Gasteiger partial charge in [0.15, 0.2) is 11.5 Å². The topological polar surface area (TPSA) is 67.6 Å². The molecule has 0 spiro atoms. The quantitative estimate of drug-likeness (QED) is 0.795. The lowest BCUT2D eigenvalue weighted by Crippen LogP contribution is -2.31. The van der Waals surface area contributed by atoms with E-state index in [0.717, 1.165) is 30.7 Å². The predicted octanol–water partition coefficient (Wildman–Crippen LogP) is 2.04. The molecule has 1 aliphatic heterocycles. The Kier molecular flexibility index (Phi) is 2.85. The Labute approximate surface area is 127 Å². The monoisotopic (exact) mass is 296 g/mol. The van der Waals surface area contributed by atoms with E-state index < -0.39 is 0 Å². The molecule has 4 rings (SSSR count). The molecule has 2 aromatic heterocycles. The first-order chi connectivity index (χ1) is 10.7. The summed E-state index contributed by atoms with van der Waals surface area (Å²) in [5, 5.41) is 4.35. The zero-order valence-electron chi connectivity index (χ0n) is 12.4. The lowest BCUT2D eigenvalue weighted by molar-refractivity contribution is -0.120. The van der Waals surface area contributed by atoms with Crippen molar-refractivity contribution in [3.63, 3.8) is 0 Å². The number of aryl methyl sites for hydroxylation is 1. The fourth-order valence-electron chi connectivity index (χ4n) is 3.17. The molecule has 0 saturated heterocycles. The highest BCUT2D eigenvalue weighted by atomic mass is 16.2. The van der Waals surface area contributed by atoms with Crippen molar-refractivity contribution in [1.82, 2.24) is 14.6 Å². The van der Waals surface area contributed by atoms with Gasteiger partial charge in [-0.1, -0.05) is 6.92 Å². The SMILES string of the molecule is CCc1nc2ccc(N3C(=O)C4=C(CCCC4)C3=O)cn2n1. The highest BCUT2D eigenvalue weighted by Crippen LogP contribution is 2.35. The summed E-state index contributed by atoms with van der Waals surface area (Å²) in [5.41, 5.74) is 2.68. The molecule has 112 valence electrons. The number of hydrogen-bond acceptors (Lipinski definition) is 4. The number of imide groups is 1. The van der Waals surface area contributed by atoms with Crippen LogP contribution in [-0.4, -0.2) is 26.4 Å². The Morgan fingerprint density at radius 3 is 2.41 bits per heavy atom. The van der Waals surface area contributed by atoms with E-state index in [9.17, 15) is 9.59 Å². The van der Waals surface area contributed by atoms with Gasteiger partial charge in [0.2, 0.25) is 0 Å². The Bertz CT molecular complexity index is 806. The van der Waals surface area contributed by atoms with E-state index in [1.54, 1.807) is 22.8 Å². The number of amides is 2. The van der Waals surface area contributed by atoms with Crippen LogP contribution in [0, 0.1) is 0 Å². The molecule has 0 bridgehead atoms. The second-order valence-corrected chi connectivity index (χ2v) is 5.68. The minimum Gasteiger partial charge on any atom is -0.269 e. The van der Waals surface area contributed by atoms with Crippen LogP contribution in [0.2, 0.25) is 0 Å². The van der Waals surface area contributed by atoms with E-state index in [0.29, 0.717) is 29.7 Å². The molecular weight excluding hydrogens is 280 g/mol. The summed E-state index contributed by atoms with van der Waals surface area (Å²) in [6.07, 6.45) is 5.83. The van der Waals surface area contributed by atoms with Crippen LogP contribution in [0.25, 0.3) is 5.65 Å². The number of fused-ring (bicyclic) bond motifs is 1. The summed E-state index contributed by atoms with van der Waals surface area (Å²) < 4.78 is 1.63. The van der Waals surface area contributed by atoms with Crippen LogP contribution in [0.4, 0.5) is 5.69 Å². The molecule has 22 heavy (non-hydrogen) atoms. The molecule has 0 saturated carbocycles.